The van der Waals surface area contributed by atoms with Crippen LogP contribution in [0.2, 0.25) is 0 Å². The fraction of sp³-hybridized carbons (Fsp3) is 0.200. The molecular weight excluding hydrogens is 254 g/mol. The van der Waals surface area contributed by atoms with E-state index < -0.39 is 6.04 Å². The average molecular weight is 271 g/mol. The normalized spacial score (nSPS) is 11.9. The third-order valence-corrected chi connectivity index (χ3v) is 2.90. The van der Waals surface area contributed by atoms with Crippen molar-refractivity contribution in [3.8, 4) is 5.75 Å². The second kappa shape index (κ2) is 6.16. The van der Waals surface area contributed by atoms with E-state index >= 15 is 0 Å². The Bertz CT molecular complexity index is 596. The molecule has 1 atom stereocenters. The van der Waals surface area contributed by atoms with Crippen molar-refractivity contribution in [3.63, 3.8) is 0 Å². The molecule has 2 rings (SSSR count). The van der Waals surface area contributed by atoms with Gasteiger partial charge in [0.25, 0.3) is 0 Å². The van der Waals surface area contributed by atoms with Gasteiger partial charge in [0.05, 0.1) is 6.04 Å². The van der Waals surface area contributed by atoms with Crippen molar-refractivity contribution in [2.75, 3.05) is 5.32 Å². The molecule has 4 N–H and O–H groups in total. The van der Waals surface area contributed by atoms with E-state index in [1.807, 2.05) is 13.0 Å². The Kier molecular flexibility index (Phi) is 4.32. The lowest BCUT2D eigenvalue weighted by Crippen LogP contribution is -2.37. The van der Waals surface area contributed by atoms with E-state index in [-0.39, 0.29) is 11.7 Å². The fourth-order valence-electron chi connectivity index (χ4n) is 1.80. The van der Waals surface area contributed by atoms with Crippen LogP contribution in [0.5, 0.6) is 5.75 Å². The second-order valence-electron chi connectivity index (χ2n) is 4.68. The number of anilines is 1. The molecule has 0 saturated carbocycles. The van der Waals surface area contributed by atoms with Gasteiger partial charge in [-0.05, 0) is 48.7 Å². The minimum Gasteiger partial charge on any atom is -0.508 e. The quantitative estimate of drug-likeness (QED) is 0.788. The molecule has 2 aromatic rings. The fourth-order valence-corrected chi connectivity index (χ4v) is 1.80. The van der Waals surface area contributed by atoms with Crippen molar-refractivity contribution < 1.29 is 9.90 Å². The molecule has 5 nitrogen and oxygen atoms in total. The predicted octanol–water partition coefficient (Wildman–Crippen LogP) is 1.60. The maximum absolute atomic E-state index is 12.0. The predicted molar refractivity (Wildman–Crippen MR) is 77.4 cm³/mol. The molecule has 0 spiro atoms. The Morgan fingerprint density at radius 1 is 1.35 bits per heavy atom. The van der Waals surface area contributed by atoms with Crippen LogP contribution < -0.4 is 11.1 Å². The number of phenolic OH excluding ortho intramolecular Hbond substituents is 1. The van der Waals surface area contributed by atoms with Gasteiger partial charge in [-0.1, -0.05) is 12.1 Å². The molecule has 0 fully saturated rings. The lowest BCUT2D eigenvalue weighted by atomic mass is 10.1. The van der Waals surface area contributed by atoms with Crippen LogP contribution >= 0.6 is 0 Å². The zero-order valence-electron chi connectivity index (χ0n) is 11.2. The summed E-state index contributed by atoms with van der Waals surface area (Å²) in [4.78, 5) is 16.0. The minimum atomic E-state index is -0.665. The van der Waals surface area contributed by atoms with Gasteiger partial charge in [-0.3, -0.25) is 4.79 Å². The molecule has 1 aromatic heterocycles. The number of aryl methyl sites for hydroxylation is 1. The first-order valence-corrected chi connectivity index (χ1v) is 6.31. The van der Waals surface area contributed by atoms with E-state index in [2.05, 4.69) is 10.3 Å². The molecule has 0 bridgehead atoms. The maximum atomic E-state index is 12.0. The highest BCUT2D eigenvalue weighted by atomic mass is 16.3. The number of rotatable bonds is 4. The van der Waals surface area contributed by atoms with Crippen LogP contribution in [0.15, 0.2) is 42.6 Å². The summed E-state index contributed by atoms with van der Waals surface area (Å²) in [5, 5.41) is 11.9. The number of benzene rings is 1. The second-order valence-corrected chi connectivity index (χ2v) is 4.68. The lowest BCUT2D eigenvalue weighted by Gasteiger charge is -2.12. The standard InChI is InChI=1S/C15H17N3O2/c1-10-6-7-17-14(8-10)18-15(20)13(16)9-11-2-4-12(19)5-3-11/h2-8,13,19H,9,16H2,1H3,(H,17,18,20)/t13-/m0/s1. The summed E-state index contributed by atoms with van der Waals surface area (Å²) < 4.78 is 0. The number of hydrogen-bond donors (Lipinski definition) is 3. The lowest BCUT2D eigenvalue weighted by molar-refractivity contribution is -0.117. The maximum Gasteiger partial charge on any atom is 0.242 e. The molecule has 0 saturated heterocycles. The number of aromatic nitrogens is 1. The summed E-state index contributed by atoms with van der Waals surface area (Å²) in [6.45, 7) is 1.92. The van der Waals surface area contributed by atoms with Crippen LogP contribution in [-0.2, 0) is 11.2 Å². The van der Waals surface area contributed by atoms with Gasteiger partial charge in [-0.15, -0.1) is 0 Å². The average Bonchev–Trinajstić information content (AvgIpc) is 2.41. The first kappa shape index (κ1) is 14.0. The Hall–Kier alpha value is -2.40. The Balaban J connectivity index is 1.96. The number of nitrogens with zero attached hydrogens (tertiary/aromatic N) is 1. The van der Waals surface area contributed by atoms with Gasteiger partial charge in [0.1, 0.15) is 11.6 Å². The number of aromatic hydroxyl groups is 1. The monoisotopic (exact) mass is 271 g/mol. The van der Waals surface area contributed by atoms with E-state index in [9.17, 15) is 9.90 Å². The van der Waals surface area contributed by atoms with Crippen LogP contribution in [0.1, 0.15) is 11.1 Å². The van der Waals surface area contributed by atoms with Gasteiger partial charge < -0.3 is 16.2 Å². The van der Waals surface area contributed by atoms with E-state index in [0.717, 1.165) is 11.1 Å². The third-order valence-electron chi connectivity index (χ3n) is 2.90. The van der Waals surface area contributed by atoms with Crippen molar-refractivity contribution in [2.45, 2.75) is 19.4 Å². The Morgan fingerprint density at radius 3 is 2.70 bits per heavy atom. The van der Waals surface area contributed by atoms with Crippen molar-refractivity contribution in [3.05, 3.63) is 53.7 Å². The number of pyridine rings is 1. The zero-order chi connectivity index (χ0) is 14.5. The minimum absolute atomic E-state index is 0.190. The molecule has 1 heterocycles. The number of carbonyl (C=O) groups is 1. The number of amides is 1. The van der Waals surface area contributed by atoms with E-state index in [1.165, 1.54) is 0 Å². The first-order valence-electron chi connectivity index (χ1n) is 6.31. The van der Waals surface area contributed by atoms with Gasteiger partial charge in [0, 0.05) is 6.20 Å². The molecule has 0 radical (unpaired) electrons. The van der Waals surface area contributed by atoms with E-state index in [4.69, 9.17) is 5.73 Å². The molecular formula is C15H17N3O2. The summed E-state index contributed by atoms with van der Waals surface area (Å²) in [6, 6.07) is 9.60. The van der Waals surface area contributed by atoms with Crippen LogP contribution in [0.3, 0.4) is 0 Å². The molecule has 0 aliphatic rings. The summed E-state index contributed by atoms with van der Waals surface area (Å²) >= 11 is 0. The molecule has 0 aliphatic heterocycles. The summed E-state index contributed by atoms with van der Waals surface area (Å²) in [6.07, 6.45) is 2.04. The van der Waals surface area contributed by atoms with E-state index in [0.29, 0.717) is 12.2 Å². The highest BCUT2D eigenvalue weighted by molar-refractivity contribution is 5.94. The van der Waals surface area contributed by atoms with Gasteiger partial charge in [-0.25, -0.2) is 4.98 Å². The Morgan fingerprint density at radius 2 is 2.05 bits per heavy atom. The van der Waals surface area contributed by atoms with Gasteiger partial charge in [0.15, 0.2) is 0 Å². The number of phenols is 1. The summed E-state index contributed by atoms with van der Waals surface area (Å²) in [5.74, 6) is 0.406. The molecule has 1 amide bonds. The number of carbonyl (C=O) groups excluding carboxylic acids is 1. The van der Waals surface area contributed by atoms with Crippen LogP contribution in [0.4, 0.5) is 5.82 Å². The molecule has 0 unspecified atom stereocenters. The van der Waals surface area contributed by atoms with Gasteiger partial charge >= 0.3 is 0 Å². The highest BCUT2D eigenvalue weighted by Crippen LogP contribution is 2.12. The third kappa shape index (κ3) is 3.80. The first-order chi connectivity index (χ1) is 9.54. The summed E-state index contributed by atoms with van der Waals surface area (Å²) in [7, 11) is 0. The summed E-state index contributed by atoms with van der Waals surface area (Å²) in [5.41, 5.74) is 7.78. The van der Waals surface area contributed by atoms with Crippen molar-refractivity contribution in [1.29, 1.82) is 0 Å². The van der Waals surface area contributed by atoms with Crippen molar-refractivity contribution >= 4 is 11.7 Å². The van der Waals surface area contributed by atoms with Crippen LogP contribution in [0, 0.1) is 6.92 Å². The SMILES string of the molecule is Cc1ccnc(NC(=O)[C@@H](N)Cc2ccc(O)cc2)c1. The molecule has 0 aliphatic carbocycles. The topological polar surface area (TPSA) is 88.2 Å². The van der Waals surface area contributed by atoms with Crippen LogP contribution in [-0.4, -0.2) is 22.0 Å². The van der Waals surface area contributed by atoms with Crippen molar-refractivity contribution in [1.82, 2.24) is 4.98 Å². The van der Waals surface area contributed by atoms with E-state index in [1.54, 1.807) is 36.5 Å². The van der Waals surface area contributed by atoms with Gasteiger partial charge in [-0.2, -0.15) is 0 Å². The molecule has 104 valence electrons. The number of hydrogen-bond acceptors (Lipinski definition) is 4. The smallest absolute Gasteiger partial charge is 0.242 e. The largest absolute Gasteiger partial charge is 0.508 e. The van der Waals surface area contributed by atoms with Crippen LogP contribution in [0.25, 0.3) is 0 Å². The molecule has 20 heavy (non-hydrogen) atoms. The highest BCUT2D eigenvalue weighted by Gasteiger charge is 2.14. The van der Waals surface area contributed by atoms with Gasteiger partial charge in [0.2, 0.25) is 5.91 Å². The molecule has 5 heteroatoms. The molecule has 1 aromatic carbocycles. The number of nitrogens with two attached hydrogens (primary N) is 1. The number of nitrogens with one attached hydrogen (secondary N) is 1. The zero-order valence-corrected chi connectivity index (χ0v) is 11.2. The Labute approximate surface area is 117 Å². The van der Waals surface area contributed by atoms with Crippen molar-refractivity contribution in [2.24, 2.45) is 5.73 Å².